The van der Waals surface area contributed by atoms with Gasteiger partial charge in [-0.25, -0.2) is 0 Å². The van der Waals surface area contributed by atoms with Crippen molar-refractivity contribution in [1.82, 2.24) is 0 Å². The number of aliphatic carboxylic acids is 2. The van der Waals surface area contributed by atoms with E-state index in [9.17, 15) is 0 Å². The number of carboxylic acids is 2. The van der Waals surface area contributed by atoms with Crippen molar-refractivity contribution in [3.05, 3.63) is 11.5 Å². The molecular formula is C10H20N2O4Pt. The zero-order chi connectivity index (χ0) is 13.1. The molecule has 0 aromatic heterocycles. The standard InChI is InChI=1S/C6H12N2.2C2H4O2.Pt/c7-5-3-1-2-4-6(5)8;2*1-2(3)4;/h5-8H,1-4H2;2*1H3,(H,3,4);/q-2;;;+2. The van der Waals surface area contributed by atoms with Crippen LogP contribution in [0.25, 0.3) is 11.5 Å². The first kappa shape index (κ1) is 21.8. The summed E-state index contributed by atoms with van der Waals surface area (Å²) in [6.07, 6.45) is 4.25. The van der Waals surface area contributed by atoms with Crippen molar-refractivity contribution in [2.75, 3.05) is 0 Å². The smallest absolute Gasteiger partial charge is 0.676 e. The molecule has 1 aliphatic carbocycles. The Labute approximate surface area is 116 Å². The molecular weight excluding hydrogens is 407 g/mol. The van der Waals surface area contributed by atoms with Crippen LogP contribution in [-0.2, 0) is 30.7 Å². The van der Waals surface area contributed by atoms with Gasteiger partial charge in [-0.1, -0.05) is 25.7 Å². The molecule has 0 spiro atoms. The predicted octanol–water partition coefficient (Wildman–Crippen LogP) is 2.58. The average Bonchev–Trinajstić information content (AvgIpc) is 2.08. The maximum atomic E-state index is 9.00. The topological polar surface area (TPSA) is 122 Å². The maximum absolute atomic E-state index is 9.00. The molecule has 6 nitrogen and oxygen atoms in total. The molecule has 0 aromatic carbocycles. The van der Waals surface area contributed by atoms with Gasteiger partial charge >= 0.3 is 21.1 Å². The quantitative estimate of drug-likeness (QED) is 0.617. The molecule has 1 fully saturated rings. The second-order valence-corrected chi connectivity index (χ2v) is 3.54. The summed E-state index contributed by atoms with van der Waals surface area (Å²) in [7, 11) is 0. The largest absolute Gasteiger partial charge is 2.00 e. The van der Waals surface area contributed by atoms with Gasteiger partial charge in [0.2, 0.25) is 0 Å². The molecule has 1 aliphatic rings. The van der Waals surface area contributed by atoms with E-state index in [0.717, 1.165) is 26.7 Å². The van der Waals surface area contributed by atoms with Gasteiger partial charge < -0.3 is 21.7 Å². The minimum Gasteiger partial charge on any atom is -0.676 e. The average molecular weight is 427 g/mol. The fourth-order valence-electron chi connectivity index (χ4n) is 1.13. The molecule has 1 rings (SSSR count). The van der Waals surface area contributed by atoms with Gasteiger partial charge in [-0.15, -0.1) is 0 Å². The molecule has 0 heterocycles. The van der Waals surface area contributed by atoms with Crippen molar-refractivity contribution < 1.29 is 40.9 Å². The van der Waals surface area contributed by atoms with Gasteiger partial charge in [-0.2, -0.15) is 12.1 Å². The second kappa shape index (κ2) is 13.6. The third-order valence-corrected chi connectivity index (χ3v) is 1.77. The van der Waals surface area contributed by atoms with E-state index in [-0.39, 0.29) is 33.1 Å². The van der Waals surface area contributed by atoms with Crippen LogP contribution >= 0.6 is 0 Å². The van der Waals surface area contributed by atoms with E-state index in [1.165, 1.54) is 12.8 Å². The summed E-state index contributed by atoms with van der Waals surface area (Å²) in [5.74, 6) is -1.67. The van der Waals surface area contributed by atoms with Crippen molar-refractivity contribution in [3.63, 3.8) is 0 Å². The van der Waals surface area contributed by atoms with Crippen LogP contribution in [0.15, 0.2) is 0 Å². The van der Waals surface area contributed by atoms with E-state index in [1.807, 2.05) is 0 Å². The summed E-state index contributed by atoms with van der Waals surface area (Å²) in [5, 5.41) is 14.8. The third kappa shape index (κ3) is 25.7. The Hall–Kier alpha value is -0.452. The molecule has 0 bridgehead atoms. The van der Waals surface area contributed by atoms with E-state index in [4.69, 9.17) is 31.3 Å². The third-order valence-electron chi connectivity index (χ3n) is 1.77. The van der Waals surface area contributed by atoms with Crippen LogP contribution in [0.5, 0.6) is 0 Å². The molecule has 17 heavy (non-hydrogen) atoms. The first-order valence-corrected chi connectivity index (χ1v) is 5.08. The number of hydrogen-bond acceptors (Lipinski definition) is 2. The Morgan fingerprint density at radius 1 is 0.941 bits per heavy atom. The van der Waals surface area contributed by atoms with Crippen molar-refractivity contribution in [2.24, 2.45) is 0 Å². The van der Waals surface area contributed by atoms with Gasteiger partial charge in [0.1, 0.15) is 0 Å². The molecule has 0 aliphatic heterocycles. The van der Waals surface area contributed by atoms with E-state index < -0.39 is 11.9 Å². The maximum Gasteiger partial charge on any atom is 2.00 e. The Morgan fingerprint density at radius 2 is 1.12 bits per heavy atom. The molecule has 1 saturated carbocycles. The van der Waals surface area contributed by atoms with Crippen molar-refractivity contribution in [3.8, 4) is 0 Å². The molecule has 104 valence electrons. The van der Waals surface area contributed by atoms with Crippen LogP contribution in [0.4, 0.5) is 0 Å². The van der Waals surface area contributed by atoms with Gasteiger partial charge in [0.15, 0.2) is 0 Å². The van der Waals surface area contributed by atoms with Crippen molar-refractivity contribution >= 4 is 11.9 Å². The van der Waals surface area contributed by atoms with Crippen LogP contribution in [0.1, 0.15) is 39.5 Å². The fraction of sp³-hybridized carbons (Fsp3) is 0.800. The monoisotopic (exact) mass is 427 g/mol. The van der Waals surface area contributed by atoms with Crippen LogP contribution in [0, 0.1) is 0 Å². The Bertz CT molecular complexity index is 184. The van der Waals surface area contributed by atoms with Gasteiger partial charge in [0.25, 0.3) is 11.9 Å². The molecule has 2 atom stereocenters. The van der Waals surface area contributed by atoms with Crippen LogP contribution in [-0.4, -0.2) is 34.2 Å². The minimum absolute atomic E-state index is 0. The number of hydrogen-bond donors (Lipinski definition) is 2. The van der Waals surface area contributed by atoms with Crippen molar-refractivity contribution in [1.29, 1.82) is 0 Å². The van der Waals surface area contributed by atoms with E-state index in [2.05, 4.69) is 0 Å². The van der Waals surface area contributed by atoms with E-state index in [1.54, 1.807) is 0 Å². The number of nitrogens with one attached hydrogen (secondary N) is 2. The SMILES string of the molecule is CC(=O)O.CC(=O)O.[NH-]C1CCCCC1[NH-].[Pt+2]. The van der Waals surface area contributed by atoms with E-state index >= 15 is 0 Å². The number of carboxylic acid groups (broad SMARTS) is 2. The summed E-state index contributed by atoms with van der Waals surface area (Å²) in [6, 6.07) is -0.160. The molecule has 0 saturated heterocycles. The fourth-order valence-corrected chi connectivity index (χ4v) is 1.13. The van der Waals surface area contributed by atoms with E-state index in [0.29, 0.717) is 0 Å². The van der Waals surface area contributed by atoms with Gasteiger partial charge in [-0.05, 0) is 0 Å². The van der Waals surface area contributed by atoms with Crippen LogP contribution in [0.3, 0.4) is 0 Å². The molecule has 7 heteroatoms. The van der Waals surface area contributed by atoms with Gasteiger partial charge in [0, 0.05) is 13.8 Å². The zero-order valence-electron chi connectivity index (χ0n) is 10.0. The Kier molecular flexibility index (Phi) is 17.5. The van der Waals surface area contributed by atoms with Gasteiger partial charge in [-0.3, -0.25) is 9.59 Å². The molecule has 0 radical (unpaired) electrons. The first-order valence-electron chi connectivity index (χ1n) is 5.08. The predicted molar refractivity (Wildman–Crippen MR) is 61.3 cm³/mol. The number of carbonyl (C=O) groups is 2. The summed E-state index contributed by atoms with van der Waals surface area (Å²) < 4.78 is 0. The molecule has 0 amide bonds. The number of rotatable bonds is 0. The van der Waals surface area contributed by atoms with Crippen LogP contribution < -0.4 is 0 Å². The molecule has 0 aromatic rings. The summed E-state index contributed by atoms with van der Waals surface area (Å²) in [5.41, 5.74) is 14.6. The van der Waals surface area contributed by atoms with Crippen molar-refractivity contribution in [2.45, 2.75) is 51.6 Å². The Morgan fingerprint density at radius 3 is 1.24 bits per heavy atom. The molecule has 4 N–H and O–H groups in total. The second-order valence-electron chi connectivity index (χ2n) is 3.54. The summed E-state index contributed by atoms with van der Waals surface area (Å²) in [4.78, 5) is 18.0. The first-order chi connectivity index (χ1) is 7.27. The normalized spacial score (nSPS) is 21.6. The minimum atomic E-state index is -0.833. The zero-order valence-corrected chi connectivity index (χ0v) is 12.3. The van der Waals surface area contributed by atoms with Gasteiger partial charge in [0.05, 0.1) is 0 Å². The Balaban J connectivity index is -0.000000189. The summed E-state index contributed by atoms with van der Waals surface area (Å²) in [6.45, 7) is 2.17. The molecule has 2 unspecified atom stereocenters. The van der Waals surface area contributed by atoms with Crippen LogP contribution in [0.2, 0.25) is 0 Å². The summed E-state index contributed by atoms with van der Waals surface area (Å²) >= 11 is 0.